The molecular weight excluding hydrogens is 200 g/mol. The van der Waals surface area contributed by atoms with E-state index in [-0.39, 0.29) is 0 Å². The smallest absolute Gasteiger partial charge is 0.120 e. The third-order valence-corrected chi connectivity index (χ3v) is 3.98. The molecule has 16 heavy (non-hydrogen) atoms. The molecule has 0 saturated carbocycles. The number of nitrogens with zero attached hydrogens (tertiary/aromatic N) is 1. The lowest BCUT2D eigenvalue weighted by Crippen LogP contribution is -2.48. The summed E-state index contributed by atoms with van der Waals surface area (Å²) >= 11 is 0. The first kappa shape index (κ1) is 9.97. The minimum absolute atomic E-state index is 0.447. The first-order chi connectivity index (χ1) is 7.81. The second-order valence-corrected chi connectivity index (χ2v) is 4.86. The minimum Gasteiger partial charge on any atom is -0.508 e. The molecule has 0 aromatic heterocycles. The SMILES string of the molecule is NCC1CCCC2Cc3c(O)cccc3N12. The van der Waals surface area contributed by atoms with Crippen LogP contribution in [0, 0.1) is 0 Å². The van der Waals surface area contributed by atoms with Crippen LogP contribution in [0.5, 0.6) is 5.75 Å². The fourth-order valence-electron chi connectivity index (χ4n) is 3.24. The van der Waals surface area contributed by atoms with Crippen LogP contribution in [0.15, 0.2) is 18.2 Å². The van der Waals surface area contributed by atoms with Crippen LogP contribution in [0.1, 0.15) is 24.8 Å². The van der Waals surface area contributed by atoms with E-state index >= 15 is 0 Å². The highest BCUT2D eigenvalue weighted by molar-refractivity contribution is 5.65. The summed E-state index contributed by atoms with van der Waals surface area (Å²) in [6.07, 6.45) is 4.66. The van der Waals surface area contributed by atoms with Gasteiger partial charge in [0.25, 0.3) is 0 Å². The molecule has 1 saturated heterocycles. The number of nitrogens with two attached hydrogens (primary N) is 1. The Morgan fingerprint density at radius 1 is 1.38 bits per heavy atom. The molecule has 2 aliphatic heterocycles. The van der Waals surface area contributed by atoms with E-state index in [4.69, 9.17) is 5.73 Å². The molecule has 2 unspecified atom stereocenters. The van der Waals surface area contributed by atoms with Crippen LogP contribution >= 0.6 is 0 Å². The van der Waals surface area contributed by atoms with Crippen molar-refractivity contribution in [1.29, 1.82) is 0 Å². The molecule has 0 radical (unpaired) electrons. The van der Waals surface area contributed by atoms with Crippen LogP contribution in [-0.4, -0.2) is 23.7 Å². The number of fused-ring (bicyclic) bond motifs is 3. The fourth-order valence-corrected chi connectivity index (χ4v) is 3.24. The molecule has 1 fully saturated rings. The summed E-state index contributed by atoms with van der Waals surface area (Å²) in [6.45, 7) is 0.714. The molecule has 2 heterocycles. The number of piperidine rings is 1. The first-order valence-corrected chi connectivity index (χ1v) is 6.10. The summed E-state index contributed by atoms with van der Waals surface area (Å²) in [4.78, 5) is 2.44. The first-order valence-electron chi connectivity index (χ1n) is 6.10. The molecule has 0 amide bonds. The van der Waals surface area contributed by atoms with Gasteiger partial charge in [-0.2, -0.15) is 0 Å². The van der Waals surface area contributed by atoms with E-state index in [1.165, 1.54) is 24.9 Å². The van der Waals surface area contributed by atoms with Crippen molar-refractivity contribution in [3.63, 3.8) is 0 Å². The molecular formula is C13H18N2O. The second-order valence-electron chi connectivity index (χ2n) is 4.86. The van der Waals surface area contributed by atoms with Gasteiger partial charge in [0.1, 0.15) is 5.75 Å². The lowest BCUT2D eigenvalue weighted by atomic mass is 9.96. The third-order valence-electron chi connectivity index (χ3n) is 3.98. The summed E-state index contributed by atoms with van der Waals surface area (Å²) in [7, 11) is 0. The number of phenols is 1. The Kier molecular flexibility index (Phi) is 2.28. The number of hydrogen-bond acceptors (Lipinski definition) is 3. The Bertz CT molecular complexity index is 405. The average molecular weight is 218 g/mol. The highest BCUT2D eigenvalue weighted by Crippen LogP contribution is 2.42. The molecule has 1 aromatic rings. The quantitative estimate of drug-likeness (QED) is 0.753. The minimum atomic E-state index is 0.447. The number of aromatic hydroxyl groups is 1. The molecule has 0 spiro atoms. The average Bonchev–Trinajstić information content (AvgIpc) is 2.69. The normalized spacial score (nSPS) is 27.7. The maximum atomic E-state index is 9.88. The highest BCUT2D eigenvalue weighted by Gasteiger charge is 2.37. The summed E-state index contributed by atoms with van der Waals surface area (Å²) in [5.74, 6) is 0.447. The van der Waals surface area contributed by atoms with Crippen molar-refractivity contribution >= 4 is 5.69 Å². The van der Waals surface area contributed by atoms with E-state index in [1.54, 1.807) is 6.07 Å². The number of rotatable bonds is 1. The fraction of sp³-hybridized carbons (Fsp3) is 0.538. The van der Waals surface area contributed by atoms with Gasteiger partial charge in [0.15, 0.2) is 0 Å². The van der Waals surface area contributed by atoms with Gasteiger partial charge in [-0.15, -0.1) is 0 Å². The molecule has 0 bridgehead atoms. The Morgan fingerprint density at radius 2 is 2.25 bits per heavy atom. The predicted molar refractivity (Wildman–Crippen MR) is 64.8 cm³/mol. The highest BCUT2D eigenvalue weighted by atomic mass is 16.3. The zero-order valence-corrected chi connectivity index (χ0v) is 9.39. The molecule has 1 aromatic carbocycles. The standard InChI is InChI=1S/C13H18N2O/c14-8-10-4-1-3-9-7-11-12(15(9)10)5-2-6-13(11)16/h2,5-6,9-10,16H,1,3-4,7-8,14H2. The van der Waals surface area contributed by atoms with Crippen LogP contribution in [0.25, 0.3) is 0 Å². The zero-order chi connectivity index (χ0) is 11.1. The van der Waals surface area contributed by atoms with Gasteiger partial charge in [0.2, 0.25) is 0 Å². The topological polar surface area (TPSA) is 49.5 Å². The Balaban J connectivity index is 2.03. The monoisotopic (exact) mass is 218 g/mol. The molecule has 0 aliphatic carbocycles. The Labute approximate surface area is 95.9 Å². The van der Waals surface area contributed by atoms with Gasteiger partial charge in [-0.3, -0.25) is 0 Å². The van der Waals surface area contributed by atoms with Gasteiger partial charge in [0.05, 0.1) is 0 Å². The maximum absolute atomic E-state index is 9.88. The Morgan fingerprint density at radius 3 is 3.06 bits per heavy atom. The van der Waals surface area contributed by atoms with E-state index in [1.807, 2.05) is 6.07 Å². The maximum Gasteiger partial charge on any atom is 0.120 e. The number of benzene rings is 1. The Hall–Kier alpha value is -1.22. The molecule has 3 heteroatoms. The van der Waals surface area contributed by atoms with Crippen LogP contribution < -0.4 is 10.6 Å². The van der Waals surface area contributed by atoms with Crippen molar-refractivity contribution in [2.75, 3.05) is 11.4 Å². The van der Waals surface area contributed by atoms with Gasteiger partial charge in [0, 0.05) is 29.9 Å². The van der Waals surface area contributed by atoms with Crippen LogP contribution in [0.4, 0.5) is 5.69 Å². The van der Waals surface area contributed by atoms with Gasteiger partial charge in [-0.25, -0.2) is 0 Å². The summed E-state index contributed by atoms with van der Waals surface area (Å²) in [5.41, 5.74) is 8.18. The van der Waals surface area contributed by atoms with Gasteiger partial charge < -0.3 is 15.7 Å². The third kappa shape index (κ3) is 1.31. The number of anilines is 1. The van der Waals surface area contributed by atoms with E-state index in [0.717, 1.165) is 12.0 Å². The van der Waals surface area contributed by atoms with Crippen molar-refractivity contribution in [1.82, 2.24) is 0 Å². The van der Waals surface area contributed by atoms with E-state index in [0.29, 0.717) is 24.4 Å². The van der Waals surface area contributed by atoms with Crippen LogP contribution in [-0.2, 0) is 6.42 Å². The lowest BCUT2D eigenvalue weighted by Gasteiger charge is -2.39. The summed E-state index contributed by atoms with van der Waals surface area (Å²) < 4.78 is 0. The summed E-state index contributed by atoms with van der Waals surface area (Å²) in [5, 5.41) is 9.88. The van der Waals surface area contributed by atoms with Crippen LogP contribution in [0.2, 0.25) is 0 Å². The van der Waals surface area contributed by atoms with E-state index in [2.05, 4.69) is 11.0 Å². The second kappa shape index (κ2) is 3.67. The zero-order valence-electron chi connectivity index (χ0n) is 9.39. The van der Waals surface area contributed by atoms with E-state index in [9.17, 15) is 5.11 Å². The molecule has 2 atom stereocenters. The van der Waals surface area contributed by atoms with Crippen LogP contribution in [0.3, 0.4) is 0 Å². The molecule has 3 nitrogen and oxygen atoms in total. The predicted octanol–water partition coefficient (Wildman–Crippen LogP) is 1.63. The molecule has 3 N–H and O–H groups in total. The lowest BCUT2D eigenvalue weighted by molar-refractivity contribution is 0.397. The van der Waals surface area contributed by atoms with E-state index < -0.39 is 0 Å². The van der Waals surface area contributed by atoms with Crippen molar-refractivity contribution in [2.24, 2.45) is 5.73 Å². The van der Waals surface area contributed by atoms with Crippen molar-refractivity contribution in [3.05, 3.63) is 23.8 Å². The van der Waals surface area contributed by atoms with Crippen molar-refractivity contribution < 1.29 is 5.11 Å². The molecule has 86 valence electrons. The van der Waals surface area contributed by atoms with Gasteiger partial charge in [-0.1, -0.05) is 6.07 Å². The van der Waals surface area contributed by atoms with Gasteiger partial charge in [-0.05, 0) is 37.8 Å². The van der Waals surface area contributed by atoms with Crippen molar-refractivity contribution in [2.45, 2.75) is 37.8 Å². The molecule has 3 rings (SSSR count). The van der Waals surface area contributed by atoms with Gasteiger partial charge >= 0.3 is 0 Å². The number of hydrogen-bond donors (Lipinski definition) is 2. The van der Waals surface area contributed by atoms with Crippen molar-refractivity contribution in [3.8, 4) is 5.75 Å². The summed E-state index contributed by atoms with van der Waals surface area (Å²) in [6, 6.07) is 6.85. The number of phenolic OH excluding ortho intramolecular Hbond substituents is 1. The largest absolute Gasteiger partial charge is 0.508 e. The molecule has 2 aliphatic rings.